The number of carbonyl (C=O) groups excluding carboxylic acids is 1. The van der Waals surface area contributed by atoms with Crippen molar-refractivity contribution >= 4 is 17.4 Å². The normalized spacial score (nSPS) is 23.2. The highest BCUT2D eigenvalue weighted by atomic mass is 32.1. The van der Waals surface area contributed by atoms with E-state index in [1.165, 1.54) is 4.88 Å². The molecule has 0 saturated heterocycles. The number of aliphatic hydroxyl groups excluding tert-OH is 1. The summed E-state index contributed by atoms with van der Waals surface area (Å²) in [6.45, 7) is 4.99. The minimum atomic E-state index is -0.181. The molecule has 1 fully saturated rings. The predicted octanol–water partition coefficient (Wildman–Crippen LogP) is 3.30. The van der Waals surface area contributed by atoms with Crippen molar-refractivity contribution in [3.8, 4) is 0 Å². The second-order valence-electron chi connectivity index (χ2n) is 6.38. The van der Waals surface area contributed by atoms with Crippen molar-refractivity contribution in [3.63, 3.8) is 0 Å². The van der Waals surface area contributed by atoms with Crippen molar-refractivity contribution in [1.29, 1.82) is 0 Å². The van der Waals surface area contributed by atoms with E-state index in [-0.39, 0.29) is 18.2 Å². The van der Waals surface area contributed by atoms with Gasteiger partial charge in [0, 0.05) is 11.4 Å². The minimum Gasteiger partial charge on any atom is -0.393 e. The minimum absolute atomic E-state index is 0.0826. The SMILES string of the molecule is CC(C)C[C@H](NC(=O)NC[C@H]1CC[C@@H](O)C1)c1cccs1. The first-order valence-corrected chi connectivity index (χ1v) is 8.68. The summed E-state index contributed by atoms with van der Waals surface area (Å²) >= 11 is 1.68. The van der Waals surface area contributed by atoms with Gasteiger partial charge in [-0.1, -0.05) is 19.9 Å². The highest BCUT2D eigenvalue weighted by Crippen LogP contribution is 2.26. The molecule has 21 heavy (non-hydrogen) atoms. The maximum atomic E-state index is 12.1. The molecule has 0 radical (unpaired) electrons. The number of nitrogens with one attached hydrogen (secondary N) is 2. The summed E-state index contributed by atoms with van der Waals surface area (Å²) in [4.78, 5) is 13.3. The van der Waals surface area contributed by atoms with Gasteiger partial charge in [0.05, 0.1) is 12.1 Å². The summed E-state index contributed by atoms with van der Waals surface area (Å²) in [7, 11) is 0. The molecule has 5 heteroatoms. The molecule has 0 aliphatic heterocycles. The summed E-state index contributed by atoms with van der Waals surface area (Å²) in [6, 6.07) is 4.08. The zero-order chi connectivity index (χ0) is 15.2. The van der Waals surface area contributed by atoms with Crippen LogP contribution in [0.15, 0.2) is 17.5 Å². The molecule has 1 saturated carbocycles. The number of rotatable bonds is 6. The summed E-state index contributed by atoms with van der Waals surface area (Å²) in [5, 5.41) is 17.6. The first-order valence-electron chi connectivity index (χ1n) is 7.80. The maximum Gasteiger partial charge on any atom is 0.315 e. The molecule has 1 aliphatic rings. The van der Waals surface area contributed by atoms with E-state index in [0.717, 1.165) is 25.7 Å². The Kier molecular flexibility index (Phi) is 6.06. The molecule has 3 atom stereocenters. The average Bonchev–Trinajstić information content (AvgIpc) is 3.06. The molecule has 1 aromatic heterocycles. The first-order chi connectivity index (χ1) is 10.0. The topological polar surface area (TPSA) is 61.4 Å². The largest absolute Gasteiger partial charge is 0.393 e. The van der Waals surface area contributed by atoms with Crippen LogP contribution in [0, 0.1) is 11.8 Å². The second kappa shape index (κ2) is 7.80. The van der Waals surface area contributed by atoms with E-state index >= 15 is 0 Å². The van der Waals surface area contributed by atoms with Gasteiger partial charge in [-0.3, -0.25) is 0 Å². The average molecular weight is 310 g/mol. The number of thiophene rings is 1. The highest BCUT2D eigenvalue weighted by molar-refractivity contribution is 7.10. The van der Waals surface area contributed by atoms with Crippen LogP contribution >= 0.6 is 11.3 Å². The zero-order valence-corrected chi connectivity index (χ0v) is 13.7. The van der Waals surface area contributed by atoms with Gasteiger partial charge in [0.15, 0.2) is 0 Å². The molecule has 0 aromatic carbocycles. The van der Waals surface area contributed by atoms with E-state index < -0.39 is 0 Å². The van der Waals surface area contributed by atoms with E-state index in [0.29, 0.717) is 18.4 Å². The van der Waals surface area contributed by atoms with Gasteiger partial charge in [-0.25, -0.2) is 4.79 Å². The molecule has 1 heterocycles. The van der Waals surface area contributed by atoms with E-state index in [4.69, 9.17) is 0 Å². The Labute approximate surface area is 131 Å². The Morgan fingerprint density at radius 1 is 1.48 bits per heavy atom. The van der Waals surface area contributed by atoms with Gasteiger partial charge < -0.3 is 15.7 Å². The fourth-order valence-corrected chi connectivity index (χ4v) is 3.68. The van der Waals surface area contributed by atoms with E-state index in [2.05, 4.69) is 30.5 Å². The Bertz CT molecular complexity index is 433. The molecule has 0 bridgehead atoms. The Morgan fingerprint density at radius 3 is 2.86 bits per heavy atom. The van der Waals surface area contributed by atoms with Crippen molar-refractivity contribution in [3.05, 3.63) is 22.4 Å². The number of hydrogen-bond acceptors (Lipinski definition) is 3. The van der Waals surface area contributed by atoms with Crippen LogP contribution in [0.5, 0.6) is 0 Å². The lowest BCUT2D eigenvalue weighted by Gasteiger charge is -2.20. The van der Waals surface area contributed by atoms with Crippen LogP contribution in [0.25, 0.3) is 0 Å². The summed E-state index contributed by atoms with van der Waals surface area (Å²) in [5.74, 6) is 0.943. The molecule has 0 unspecified atom stereocenters. The van der Waals surface area contributed by atoms with Crippen molar-refractivity contribution in [2.24, 2.45) is 11.8 Å². The smallest absolute Gasteiger partial charge is 0.315 e. The predicted molar refractivity (Wildman–Crippen MR) is 86.4 cm³/mol. The fourth-order valence-electron chi connectivity index (χ4n) is 2.89. The van der Waals surface area contributed by atoms with Gasteiger partial charge >= 0.3 is 6.03 Å². The summed E-state index contributed by atoms with van der Waals surface area (Å²) in [6.07, 6.45) is 3.43. The number of amides is 2. The van der Waals surface area contributed by atoms with E-state index in [1.54, 1.807) is 11.3 Å². The van der Waals surface area contributed by atoms with Crippen LogP contribution in [0.2, 0.25) is 0 Å². The number of urea groups is 1. The monoisotopic (exact) mass is 310 g/mol. The zero-order valence-electron chi connectivity index (χ0n) is 12.8. The number of carbonyl (C=O) groups is 1. The van der Waals surface area contributed by atoms with Crippen molar-refractivity contribution < 1.29 is 9.90 Å². The molecule has 118 valence electrons. The first kappa shape index (κ1) is 16.3. The molecule has 2 amide bonds. The number of aliphatic hydroxyl groups is 1. The maximum absolute atomic E-state index is 12.1. The van der Waals surface area contributed by atoms with Crippen molar-refractivity contribution in [2.45, 2.75) is 51.7 Å². The standard InChI is InChI=1S/C16H26N2O2S/c1-11(2)8-14(15-4-3-7-21-15)18-16(20)17-10-12-5-6-13(19)9-12/h3-4,7,11-14,19H,5-6,8-10H2,1-2H3,(H2,17,18,20)/t12-,13+,14-/m0/s1. The lowest BCUT2D eigenvalue weighted by atomic mass is 10.0. The van der Waals surface area contributed by atoms with Gasteiger partial charge in [-0.2, -0.15) is 0 Å². The Balaban J connectivity index is 1.80. The Hall–Kier alpha value is -1.07. The van der Waals surface area contributed by atoms with Crippen LogP contribution in [0.1, 0.15) is 50.4 Å². The van der Waals surface area contributed by atoms with Crippen molar-refractivity contribution in [2.75, 3.05) is 6.54 Å². The van der Waals surface area contributed by atoms with Gasteiger partial charge in [0.25, 0.3) is 0 Å². The fraction of sp³-hybridized carbons (Fsp3) is 0.688. The second-order valence-corrected chi connectivity index (χ2v) is 7.36. The van der Waals surface area contributed by atoms with Gasteiger partial charge in [-0.15, -0.1) is 11.3 Å². The molecule has 4 nitrogen and oxygen atoms in total. The molecule has 1 aromatic rings. The summed E-state index contributed by atoms with van der Waals surface area (Å²) in [5.41, 5.74) is 0. The quantitative estimate of drug-likeness (QED) is 0.755. The third kappa shape index (κ3) is 5.32. The van der Waals surface area contributed by atoms with E-state index in [9.17, 15) is 9.90 Å². The molecule has 0 spiro atoms. The molecule has 2 rings (SSSR count). The number of hydrogen-bond donors (Lipinski definition) is 3. The summed E-state index contributed by atoms with van der Waals surface area (Å²) < 4.78 is 0. The third-order valence-electron chi connectivity index (χ3n) is 3.96. The van der Waals surface area contributed by atoms with Crippen LogP contribution in [-0.2, 0) is 0 Å². The van der Waals surface area contributed by atoms with Crippen LogP contribution in [-0.4, -0.2) is 23.8 Å². The third-order valence-corrected chi connectivity index (χ3v) is 4.95. The molecular weight excluding hydrogens is 284 g/mol. The van der Waals surface area contributed by atoms with Crippen molar-refractivity contribution in [1.82, 2.24) is 10.6 Å². The highest BCUT2D eigenvalue weighted by Gasteiger charge is 2.23. The van der Waals surface area contributed by atoms with Crippen LogP contribution < -0.4 is 10.6 Å². The van der Waals surface area contributed by atoms with Gasteiger partial charge in [0.1, 0.15) is 0 Å². The lowest BCUT2D eigenvalue weighted by molar-refractivity contribution is 0.177. The molecule has 3 N–H and O–H groups in total. The molecular formula is C16H26N2O2S. The van der Waals surface area contributed by atoms with Crippen LogP contribution in [0.3, 0.4) is 0 Å². The van der Waals surface area contributed by atoms with E-state index in [1.807, 2.05) is 11.4 Å². The molecule has 1 aliphatic carbocycles. The van der Waals surface area contributed by atoms with Gasteiger partial charge in [-0.05, 0) is 49.0 Å². The van der Waals surface area contributed by atoms with Gasteiger partial charge in [0.2, 0.25) is 0 Å². The Morgan fingerprint density at radius 2 is 2.29 bits per heavy atom. The lowest BCUT2D eigenvalue weighted by Crippen LogP contribution is -2.40. The van der Waals surface area contributed by atoms with Crippen LogP contribution in [0.4, 0.5) is 4.79 Å².